The van der Waals surface area contributed by atoms with Crippen LogP contribution in [0.1, 0.15) is 52.9 Å². The van der Waals surface area contributed by atoms with Crippen molar-refractivity contribution in [3.05, 3.63) is 10.1 Å². The number of carbonyl (C=O) groups is 2. The molecule has 2 bridgehead atoms. The van der Waals surface area contributed by atoms with Gasteiger partial charge in [-0.25, -0.2) is 0 Å². The molecule has 0 heterocycles. The van der Waals surface area contributed by atoms with Crippen LogP contribution >= 0.6 is 69.6 Å². The molecule has 0 saturated heterocycles. The number of hydrogen-bond donors (Lipinski definition) is 1. The van der Waals surface area contributed by atoms with Crippen molar-refractivity contribution < 1.29 is 14.7 Å². The first kappa shape index (κ1) is 27.0. The number of nitrogens with zero attached hydrogens (tertiary/aromatic N) is 1. The Morgan fingerprint density at radius 3 is 1.97 bits per heavy atom. The van der Waals surface area contributed by atoms with Gasteiger partial charge in [0, 0.05) is 13.1 Å². The molecule has 3 aliphatic rings. The van der Waals surface area contributed by atoms with Crippen LogP contribution in [-0.4, -0.2) is 49.1 Å². The second kappa shape index (κ2) is 9.47. The zero-order chi connectivity index (χ0) is 24.2. The number of amides is 1. The van der Waals surface area contributed by atoms with Crippen molar-refractivity contribution in [3.8, 4) is 0 Å². The van der Waals surface area contributed by atoms with Gasteiger partial charge in [-0.15, -0.1) is 23.2 Å². The van der Waals surface area contributed by atoms with Crippen LogP contribution in [0.5, 0.6) is 0 Å². The molecule has 0 aliphatic heterocycles. The Morgan fingerprint density at radius 1 is 1.00 bits per heavy atom. The Morgan fingerprint density at radius 2 is 1.50 bits per heavy atom. The number of unbranched alkanes of at least 4 members (excludes halogenated alkanes) is 2. The van der Waals surface area contributed by atoms with Gasteiger partial charge in [-0.3, -0.25) is 9.59 Å². The molecule has 2 fully saturated rings. The van der Waals surface area contributed by atoms with Crippen LogP contribution in [0, 0.1) is 29.6 Å². The Kier molecular flexibility index (Phi) is 7.99. The van der Waals surface area contributed by atoms with E-state index >= 15 is 0 Å². The fraction of sp³-hybridized carbons (Fsp3) is 0.818. The van der Waals surface area contributed by atoms with Gasteiger partial charge in [0.2, 0.25) is 5.91 Å². The van der Waals surface area contributed by atoms with Crippen LogP contribution < -0.4 is 0 Å². The molecule has 7 atom stereocenters. The Balaban J connectivity index is 2.05. The highest BCUT2D eigenvalue weighted by atomic mass is 35.5. The largest absolute Gasteiger partial charge is 0.481 e. The molecule has 32 heavy (non-hydrogen) atoms. The van der Waals surface area contributed by atoms with Crippen LogP contribution in [0.4, 0.5) is 0 Å². The topological polar surface area (TPSA) is 57.6 Å². The van der Waals surface area contributed by atoms with Gasteiger partial charge in [-0.1, -0.05) is 80.0 Å². The highest BCUT2D eigenvalue weighted by molar-refractivity contribution is 6.65. The molecule has 0 aromatic rings. The summed E-state index contributed by atoms with van der Waals surface area (Å²) in [4.78, 5) is 24.9. The van der Waals surface area contributed by atoms with E-state index in [0.29, 0.717) is 13.1 Å². The van der Waals surface area contributed by atoms with Crippen molar-refractivity contribution in [2.75, 3.05) is 13.1 Å². The van der Waals surface area contributed by atoms with E-state index in [1.165, 1.54) is 0 Å². The Labute approximate surface area is 219 Å². The van der Waals surface area contributed by atoms with Gasteiger partial charge in [0.05, 0.1) is 21.9 Å². The van der Waals surface area contributed by atoms with Crippen LogP contribution in [-0.2, 0) is 9.59 Å². The second-order valence-electron chi connectivity index (χ2n) is 9.36. The van der Waals surface area contributed by atoms with Gasteiger partial charge in [0.1, 0.15) is 9.75 Å². The minimum absolute atomic E-state index is 0.0652. The first-order chi connectivity index (χ1) is 14.8. The molecule has 0 radical (unpaired) electrons. The van der Waals surface area contributed by atoms with E-state index in [2.05, 4.69) is 13.8 Å². The lowest BCUT2D eigenvalue weighted by molar-refractivity contribution is -0.158. The quantitative estimate of drug-likeness (QED) is 0.326. The summed E-state index contributed by atoms with van der Waals surface area (Å²) in [6, 6.07) is 0. The minimum atomic E-state index is -1.74. The fourth-order valence-corrected chi connectivity index (χ4v) is 9.26. The maximum atomic E-state index is 13.7. The Hall–Kier alpha value is 0.420. The van der Waals surface area contributed by atoms with Crippen molar-refractivity contribution in [1.29, 1.82) is 0 Å². The molecule has 10 heteroatoms. The highest BCUT2D eigenvalue weighted by Gasteiger charge is 2.84. The molecule has 182 valence electrons. The van der Waals surface area contributed by atoms with Crippen LogP contribution in [0.25, 0.3) is 0 Å². The van der Waals surface area contributed by atoms with Crippen molar-refractivity contribution in [2.45, 2.75) is 67.0 Å². The first-order valence-electron chi connectivity index (χ1n) is 11.2. The lowest BCUT2D eigenvalue weighted by atomic mass is 9.58. The van der Waals surface area contributed by atoms with Gasteiger partial charge in [-0.2, -0.15) is 0 Å². The van der Waals surface area contributed by atoms with Crippen LogP contribution in [0.2, 0.25) is 0 Å². The third kappa shape index (κ3) is 3.53. The standard InChI is InChI=1S/C22H29Cl6NO3/c1-4-6-8-29(9-7-5-2)18(30)12-10-13-15(11(3)14(12)19(31)32)21(26)17(24)16(23)20(13,25)22(21,27)28/h11-15H,4-10H2,1-3H3,(H,31,32)/t11-,12+,13-,14+,15-,20+,21+/m1/s1. The van der Waals surface area contributed by atoms with Gasteiger partial charge in [0.15, 0.2) is 4.33 Å². The van der Waals surface area contributed by atoms with Crippen molar-refractivity contribution in [3.63, 3.8) is 0 Å². The van der Waals surface area contributed by atoms with Gasteiger partial charge in [-0.05, 0) is 37.0 Å². The number of halogens is 6. The summed E-state index contributed by atoms with van der Waals surface area (Å²) in [5, 5.41) is 10.3. The molecule has 0 spiro atoms. The summed E-state index contributed by atoms with van der Waals surface area (Å²) >= 11 is 40.5. The molecule has 4 nitrogen and oxygen atoms in total. The van der Waals surface area contributed by atoms with Crippen molar-refractivity contribution in [2.24, 2.45) is 29.6 Å². The monoisotopic (exact) mass is 565 g/mol. The minimum Gasteiger partial charge on any atom is -0.481 e. The summed E-state index contributed by atoms with van der Waals surface area (Å²) in [5.41, 5.74) is 0. The summed E-state index contributed by atoms with van der Waals surface area (Å²) in [6.45, 7) is 7.06. The highest BCUT2D eigenvalue weighted by Crippen LogP contribution is 2.79. The number of allylic oxidation sites excluding steroid dienone is 2. The van der Waals surface area contributed by atoms with Crippen molar-refractivity contribution >= 4 is 81.5 Å². The molecule has 0 aromatic carbocycles. The number of alkyl halides is 4. The third-order valence-electron chi connectivity index (χ3n) is 7.70. The predicted octanol–water partition coefficient (Wildman–Crippen LogP) is 6.85. The van der Waals surface area contributed by atoms with Crippen molar-refractivity contribution in [1.82, 2.24) is 4.90 Å². The molecular formula is C22H29Cl6NO3. The Bertz CT molecular complexity index is 811. The molecule has 0 unspecified atom stereocenters. The number of rotatable bonds is 8. The molecule has 1 amide bonds. The zero-order valence-corrected chi connectivity index (χ0v) is 22.9. The molecule has 3 aliphatic carbocycles. The van der Waals surface area contributed by atoms with E-state index in [4.69, 9.17) is 69.6 Å². The number of carbonyl (C=O) groups excluding carboxylic acids is 1. The van der Waals surface area contributed by atoms with Gasteiger partial charge >= 0.3 is 5.97 Å². The molecule has 3 rings (SSSR count). The number of carboxylic acid groups (broad SMARTS) is 1. The summed E-state index contributed by atoms with van der Waals surface area (Å²) in [5.74, 6) is -4.54. The van der Waals surface area contributed by atoms with Gasteiger partial charge in [0.25, 0.3) is 0 Å². The lowest BCUT2D eigenvalue weighted by Crippen LogP contribution is -2.54. The molecular weight excluding hydrogens is 539 g/mol. The normalized spacial score (nSPS) is 39.8. The fourth-order valence-electron chi connectivity index (χ4n) is 6.10. The average molecular weight is 568 g/mol. The van der Waals surface area contributed by atoms with Crippen LogP contribution in [0.3, 0.4) is 0 Å². The number of aliphatic carboxylic acids is 1. The maximum Gasteiger partial charge on any atom is 0.307 e. The van der Waals surface area contributed by atoms with E-state index < -0.39 is 49.6 Å². The molecule has 0 aromatic heterocycles. The van der Waals surface area contributed by atoms with E-state index in [-0.39, 0.29) is 22.4 Å². The SMILES string of the molecule is CCCCN(CCCC)C(=O)[C@H]1C[C@@H]2[C@@H]([C@H](C)[C@@H]1C(=O)O)[C@]1(Cl)C(Cl)=C(Cl)[C@]2(Cl)C1(Cl)Cl. The number of fused-ring (bicyclic) bond motifs is 5. The smallest absolute Gasteiger partial charge is 0.307 e. The van der Waals surface area contributed by atoms with E-state index in [9.17, 15) is 14.7 Å². The summed E-state index contributed by atoms with van der Waals surface area (Å²) in [6.07, 6.45) is 3.75. The van der Waals surface area contributed by atoms with E-state index in [1.54, 1.807) is 11.8 Å². The first-order valence-corrected chi connectivity index (χ1v) is 13.4. The predicted molar refractivity (Wildman–Crippen MR) is 132 cm³/mol. The summed E-state index contributed by atoms with van der Waals surface area (Å²) in [7, 11) is 0. The molecule has 1 N–H and O–H groups in total. The molecule has 2 saturated carbocycles. The second-order valence-corrected chi connectivity index (χ2v) is 12.6. The average Bonchev–Trinajstić information content (AvgIpc) is 2.93. The zero-order valence-electron chi connectivity index (χ0n) is 18.3. The number of carboxylic acids is 1. The summed E-state index contributed by atoms with van der Waals surface area (Å²) < 4.78 is -1.74. The third-order valence-corrected chi connectivity index (χ3v) is 12.0. The van der Waals surface area contributed by atoms with E-state index in [0.717, 1.165) is 25.7 Å². The lowest BCUT2D eigenvalue weighted by Gasteiger charge is -2.49. The van der Waals surface area contributed by atoms with Gasteiger partial charge < -0.3 is 10.0 Å². The van der Waals surface area contributed by atoms with Crippen LogP contribution in [0.15, 0.2) is 10.1 Å². The number of hydrogen-bond acceptors (Lipinski definition) is 2. The maximum absolute atomic E-state index is 13.7. The van der Waals surface area contributed by atoms with E-state index in [1.807, 2.05) is 0 Å².